The van der Waals surface area contributed by atoms with E-state index in [1.54, 1.807) is 16.9 Å². The van der Waals surface area contributed by atoms with Gasteiger partial charge in [-0.3, -0.25) is 9.78 Å². The van der Waals surface area contributed by atoms with Gasteiger partial charge in [0.1, 0.15) is 0 Å². The van der Waals surface area contributed by atoms with Crippen LogP contribution in [-0.4, -0.2) is 25.7 Å². The van der Waals surface area contributed by atoms with Crippen molar-refractivity contribution in [2.24, 2.45) is 5.41 Å². The average molecular weight is 323 g/mol. The average Bonchev–Trinajstić information content (AvgIpc) is 2.96. The molecule has 1 atom stereocenters. The van der Waals surface area contributed by atoms with Crippen LogP contribution in [0.5, 0.6) is 0 Å². The molecule has 0 radical (unpaired) electrons. The molecule has 1 N–H and O–H groups in total. The third-order valence-corrected chi connectivity index (χ3v) is 4.00. The number of nitrogens with one attached hydrogen (secondary N) is 1. The Morgan fingerprint density at radius 3 is 2.71 bits per heavy atom. The molecule has 0 saturated carbocycles. The highest BCUT2D eigenvalue weighted by atomic mass is 16.2. The first-order valence-electron chi connectivity index (χ1n) is 7.90. The van der Waals surface area contributed by atoms with Gasteiger partial charge in [-0.15, -0.1) is 5.10 Å². The summed E-state index contributed by atoms with van der Waals surface area (Å²) in [6.45, 7) is 8.24. The van der Waals surface area contributed by atoms with Gasteiger partial charge in [-0.1, -0.05) is 38.1 Å². The van der Waals surface area contributed by atoms with Crippen LogP contribution in [-0.2, 0) is 0 Å². The molecule has 0 saturated heterocycles. The fourth-order valence-corrected chi connectivity index (χ4v) is 2.70. The SMILES string of the molecule is Cc1cccnc1C(NC(=O)c1nnn2ccccc12)C(C)(C)C. The van der Waals surface area contributed by atoms with Gasteiger partial charge in [-0.2, -0.15) is 0 Å². The highest BCUT2D eigenvalue weighted by Gasteiger charge is 2.31. The van der Waals surface area contributed by atoms with Gasteiger partial charge in [-0.25, -0.2) is 4.52 Å². The van der Waals surface area contributed by atoms with Gasteiger partial charge in [0.05, 0.1) is 17.3 Å². The fourth-order valence-electron chi connectivity index (χ4n) is 2.70. The number of amides is 1. The number of carbonyl (C=O) groups excluding carboxylic acids is 1. The van der Waals surface area contributed by atoms with Gasteiger partial charge in [0.25, 0.3) is 5.91 Å². The van der Waals surface area contributed by atoms with Crippen molar-refractivity contribution in [2.45, 2.75) is 33.7 Å². The second-order valence-corrected chi connectivity index (χ2v) is 6.95. The molecule has 0 spiro atoms. The van der Waals surface area contributed by atoms with Crippen molar-refractivity contribution in [1.82, 2.24) is 25.1 Å². The smallest absolute Gasteiger partial charge is 0.274 e. The molecule has 3 aromatic heterocycles. The van der Waals surface area contributed by atoms with E-state index in [2.05, 4.69) is 41.4 Å². The Balaban J connectivity index is 1.96. The van der Waals surface area contributed by atoms with E-state index < -0.39 is 0 Å². The van der Waals surface area contributed by atoms with E-state index in [0.717, 1.165) is 11.3 Å². The Kier molecular flexibility index (Phi) is 4.05. The van der Waals surface area contributed by atoms with Crippen molar-refractivity contribution in [1.29, 1.82) is 0 Å². The van der Waals surface area contributed by atoms with Crippen molar-refractivity contribution >= 4 is 11.4 Å². The minimum atomic E-state index is -0.249. The van der Waals surface area contributed by atoms with Crippen molar-refractivity contribution in [3.63, 3.8) is 0 Å². The minimum absolute atomic E-state index is 0.197. The standard InChI is InChI=1S/C18H21N5O/c1-12-8-7-10-19-14(12)16(18(2,3)4)20-17(24)15-13-9-5-6-11-23(13)22-21-15/h5-11,16H,1-4H3,(H,20,24). The second kappa shape index (κ2) is 6.03. The van der Waals surface area contributed by atoms with Crippen LogP contribution in [0.4, 0.5) is 0 Å². The normalized spacial score (nSPS) is 13.0. The molecule has 124 valence electrons. The van der Waals surface area contributed by atoms with E-state index in [9.17, 15) is 4.79 Å². The van der Waals surface area contributed by atoms with E-state index in [1.807, 2.05) is 37.3 Å². The Bertz CT molecular complexity index is 878. The van der Waals surface area contributed by atoms with E-state index in [1.165, 1.54) is 0 Å². The van der Waals surface area contributed by atoms with E-state index >= 15 is 0 Å². The predicted octanol–water partition coefficient (Wildman–Crippen LogP) is 2.95. The zero-order valence-corrected chi connectivity index (χ0v) is 14.3. The van der Waals surface area contributed by atoms with Crippen molar-refractivity contribution in [3.8, 4) is 0 Å². The van der Waals surface area contributed by atoms with Crippen molar-refractivity contribution in [3.05, 3.63) is 59.7 Å². The van der Waals surface area contributed by atoms with Gasteiger partial charge in [0.2, 0.25) is 0 Å². The van der Waals surface area contributed by atoms with E-state index in [0.29, 0.717) is 11.2 Å². The van der Waals surface area contributed by atoms with Gasteiger partial charge in [0, 0.05) is 12.4 Å². The van der Waals surface area contributed by atoms with Crippen LogP contribution in [0.2, 0.25) is 0 Å². The molecule has 0 aromatic carbocycles. The van der Waals surface area contributed by atoms with Crippen LogP contribution in [0.15, 0.2) is 42.7 Å². The number of hydrogen-bond donors (Lipinski definition) is 1. The Morgan fingerprint density at radius 1 is 1.21 bits per heavy atom. The van der Waals surface area contributed by atoms with Crippen LogP contribution in [0.25, 0.3) is 5.52 Å². The summed E-state index contributed by atoms with van der Waals surface area (Å²) in [6, 6.07) is 9.20. The monoisotopic (exact) mass is 323 g/mol. The first-order valence-corrected chi connectivity index (χ1v) is 7.90. The summed E-state index contributed by atoms with van der Waals surface area (Å²) in [4.78, 5) is 17.3. The highest BCUT2D eigenvalue weighted by Crippen LogP contribution is 2.33. The van der Waals surface area contributed by atoms with Gasteiger partial charge >= 0.3 is 0 Å². The molecule has 3 rings (SSSR count). The van der Waals surface area contributed by atoms with Gasteiger partial charge < -0.3 is 5.32 Å². The summed E-state index contributed by atoms with van der Waals surface area (Å²) < 4.78 is 1.59. The number of rotatable bonds is 3. The molecule has 0 aliphatic rings. The summed E-state index contributed by atoms with van der Waals surface area (Å²) >= 11 is 0. The van der Waals surface area contributed by atoms with Crippen LogP contribution in [0, 0.1) is 12.3 Å². The lowest BCUT2D eigenvalue weighted by atomic mass is 9.83. The van der Waals surface area contributed by atoms with Crippen LogP contribution < -0.4 is 5.32 Å². The zero-order valence-electron chi connectivity index (χ0n) is 14.3. The van der Waals surface area contributed by atoms with Crippen molar-refractivity contribution < 1.29 is 4.79 Å². The molecular formula is C18H21N5O. The molecule has 3 heterocycles. The second-order valence-electron chi connectivity index (χ2n) is 6.95. The lowest BCUT2D eigenvalue weighted by molar-refractivity contribution is 0.0896. The van der Waals surface area contributed by atoms with Gasteiger partial charge in [0.15, 0.2) is 5.69 Å². The Labute approximate surface area is 140 Å². The number of aryl methyl sites for hydroxylation is 1. The summed E-state index contributed by atoms with van der Waals surface area (Å²) in [5.41, 5.74) is 2.72. The highest BCUT2D eigenvalue weighted by molar-refractivity contribution is 5.98. The number of aromatic nitrogens is 4. The maximum Gasteiger partial charge on any atom is 0.274 e. The molecule has 0 aliphatic carbocycles. The van der Waals surface area contributed by atoms with E-state index in [4.69, 9.17) is 0 Å². The predicted molar refractivity (Wildman–Crippen MR) is 91.6 cm³/mol. The molecule has 0 aliphatic heterocycles. The van der Waals surface area contributed by atoms with Crippen LogP contribution in [0.1, 0.15) is 48.6 Å². The Morgan fingerprint density at radius 2 is 2.00 bits per heavy atom. The largest absolute Gasteiger partial charge is 0.342 e. The fraction of sp³-hybridized carbons (Fsp3) is 0.333. The maximum absolute atomic E-state index is 12.8. The number of fused-ring (bicyclic) bond motifs is 1. The minimum Gasteiger partial charge on any atom is -0.342 e. The third-order valence-electron chi connectivity index (χ3n) is 4.00. The summed E-state index contributed by atoms with van der Waals surface area (Å²) in [5.74, 6) is -0.249. The summed E-state index contributed by atoms with van der Waals surface area (Å²) in [6.07, 6.45) is 3.52. The summed E-state index contributed by atoms with van der Waals surface area (Å²) in [5, 5.41) is 11.1. The molecule has 6 heteroatoms. The third kappa shape index (κ3) is 2.99. The topological polar surface area (TPSA) is 72.2 Å². The molecule has 1 amide bonds. The molecule has 0 fully saturated rings. The quantitative estimate of drug-likeness (QED) is 0.804. The van der Waals surface area contributed by atoms with Crippen molar-refractivity contribution in [2.75, 3.05) is 0 Å². The molecule has 1 unspecified atom stereocenters. The number of pyridine rings is 2. The first kappa shape index (κ1) is 16.1. The molecule has 6 nitrogen and oxygen atoms in total. The van der Waals surface area contributed by atoms with E-state index in [-0.39, 0.29) is 17.4 Å². The number of hydrogen-bond acceptors (Lipinski definition) is 4. The first-order chi connectivity index (χ1) is 11.4. The lowest BCUT2D eigenvalue weighted by Gasteiger charge is -2.31. The summed E-state index contributed by atoms with van der Waals surface area (Å²) in [7, 11) is 0. The zero-order chi connectivity index (χ0) is 17.3. The molecule has 3 aromatic rings. The number of carbonyl (C=O) groups is 1. The maximum atomic E-state index is 12.8. The van der Waals surface area contributed by atoms with Crippen LogP contribution in [0.3, 0.4) is 0 Å². The molecule has 0 bridgehead atoms. The molecule has 24 heavy (non-hydrogen) atoms. The Hall–Kier alpha value is -2.76. The van der Waals surface area contributed by atoms with Crippen LogP contribution >= 0.6 is 0 Å². The number of nitrogens with zero attached hydrogens (tertiary/aromatic N) is 4. The molecular weight excluding hydrogens is 302 g/mol. The van der Waals surface area contributed by atoms with Gasteiger partial charge in [-0.05, 0) is 36.1 Å². The lowest BCUT2D eigenvalue weighted by Crippen LogP contribution is -2.37.